The highest BCUT2D eigenvalue weighted by Crippen LogP contribution is 2.35. The number of nitrogens with one attached hydrogen (secondary N) is 1. The molecule has 2 heteroatoms. The van der Waals surface area contributed by atoms with Gasteiger partial charge in [0, 0.05) is 6.61 Å². The van der Waals surface area contributed by atoms with E-state index in [1.165, 1.54) is 64.5 Å². The smallest absolute Gasteiger partial charge is 0.0576 e. The lowest BCUT2D eigenvalue weighted by Gasteiger charge is -2.21. The zero-order chi connectivity index (χ0) is 13.5. The molecule has 1 aliphatic carbocycles. The summed E-state index contributed by atoms with van der Waals surface area (Å²) in [6, 6.07) is 0. The van der Waals surface area contributed by atoms with E-state index in [0.717, 1.165) is 24.4 Å². The summed E-state index contributed by atoms with van der Waals surface area (Å²) in [6.07, 6.45) is 11.7. The first kappa shape index (κ1) is 15.3. The summed E-state index contributed by atoms with van der Waals surface area (Å²) in [5, 5.41) is 3.66. The van der Waals surface area contributed by atoms with Crippen molar-refractivity contribution in [1.82, 2.24) is 5.32 Å². The van der Waals surface area contributed by atoms with Gasteiger partial charge in [-0.1, -0.05) is 39.5 Å². The molecule has 2 nitrogen and oxygen atoms in total. The zero-order valence-electron chi connectivity index (χ0n) is 13.0. The van der Waals surface area contributed by atoms with Gasteiger partial charge in [-0.05, 0) is 56.5 Å². The Labute approximate surface area is 119 Å². The van der Waals surface area contributed by atoms with Gasteiger partial charge in [0.2, 0.25) is 0 Å². The maximum atomic E-state index is 5.72. The van der Waals surface area contributed by atoms with E-state index in [4.69, 9.17) is 4.74 Å². The molecule has 2 fully saturated rings. The summed E-state index contributed by atoms with van der Waals surface area (Å²) in [5.41, 5.74) is 0. The lowest BCUT2D eigenvalue weighted by molar-refractivity contribution is 0.1000. The van der Waals surface area contributed by atoms with Gasteiger partial charge in [0.25, 0.3) is 0 Å². The van der Waals surface area contributed by atoms with Crippen LogP contribution in [0.15, 0.2) is 0 Å². The highest BCUT2D eigenvalue weighted by atomic mass is 16.5. The maximum Gasteiger partial charge on any atom is 0.0576 e. The topological polar surface area (TPSA) is 21.3 Å². The Morgan fingerprint density at radius 1 is 1.05 bits per heavy atom. The quantitative estimate of drug-likeness (QED) is 0.718. The molecule has 112 valence electrons. The van der Waals surface area contributed by atoms with Crippen molar-refractivity contribution >= 4 is 0 Å². The third kappa shape index (κ3) is 5.43. The number of hydrogen-bond acceptors (Lipinski definition) is 2. The van der Waals surface area contributed by atoms with E-state index in [1.54, 1.807) is 0 Å². The van der Waals surface area contributed by atoms with Crippen LogP contribution in [0.4, 0.5) is 0 Å². The zero-order valence-corrected chi connectivity index (χ0v) is 13.0. The third-order valence-corrected chi connectivity index (χ3v) is 4.90. The van der Waals surface area contributed by atoms with Crippen LogP contribution in [0.3, 0.4) is 0 Å². The molecule has 0 bridgehead atoms. The van der Waals surface area contributed by atoms with Crippen molar-refractivity contribution in [2.75, 3.05) is 19.7 Å². The van der Waals surface area contributed by atoms with Crippen LogP contribution in [0.2, 0.25) is 0 Å². The number of ether oxygens (including phenoxy) is 1. The fraction of sp³-hybridized carbons (Fsp3) is 1.00. The average molecular weight is 267 g/mol. The van der Waals surface area contributed by atoms with Gasteiger partial charge in [-0.15, -0.1) is 0 Å². The van der Waals surface area contributed by atoms with Crippen LogP contribution in [0.1, 0.15) is 65.2 Å². The van der Waals surface area contributed by atoms with Crippen LogP contribution >= 0.6 is 0 Å². The van der Waals surface area contributed by atoms with Gasteiger partial charge in [-0.25, -0.2) is 0 Å². The van der Waals surface area contributed by atoms with Crippen LogP contribution in [-0.4, -0.2) is 25.8 Å². The Morgan fingerprint density at radius 2 is 1.89 bits per heavy atom. The SMILES string of the molecule is CC(C)CNCC1CCCC1CCCC1CCCO1. The molecule has 0 aromatic carbocycles. The molecule has 0 aromatic rings. The van der Waals surface area contributed by atoms with E-state index in [0.29, 0.717) is 6.10 Å². The second kappa shape index (κ2) is 8.26. The molecule has 0 spiro atoms. The minimum atomic E-state index is 0.596. The predicted octanol–water partition coefficient (Wildman–Crippen LogP) is 4.00. The Balaban J connectivity index is 1.58. The molecule has 3 atom stereocenters. The molecular formula is C17H33NO. The molecular weight excluding hydrogens is 234 g/mol. The Kier molecular flexibility index (Phi) is 6.66. The summed E-state index contributed by atoms with van der Waals surface area (Å²) in [6.45, 7) is 8.03. The molecule has 19 heavy (non-hydrogen) atoms. The Bertz CT molecular complexity index is 235. The molecule has 1 saturated heterocycles. The molecule has 1 N–H and O–H groups in total. The lowest BCUT2D eigenvalue weighted by Crippen LogP contribution is -2.28. The van der Waals surface area contributed by atoms with E-state index >= 15 is 0 Å². The second-order valence-electron chi connectivity index (χ2n) is 7.07. The van der Waals surface area contributed by atoms with Gasteiger partial charge in [0.15, 0.2) is 0 Å². The second-order valence-corrected chi connectivity index (χ2v) is 7.07. The molecule has 0 radical (unpaired) electrons. The van der Waals surface area contributed by atoms with Crippen LogP contribution in [0.25, 0.3) is 0 Å². The van der Waals surface area contributed by atoms with Gasteiger partial charge in [0.1, 0.15) is 0 Å². The predicted molar refractivity (Wildman–Crippen MR) is 81.4 cm³/mol. The average Bonchev–Trinajstić information content (AvgIpc) is 3.01. The van der Waals surface area contributed by atoms with E-state index in [2.05, 4.69) is 19.2 Å². The normalized spacial score (nSPS) is 31.4. The first-order valence-corrected chi connectivity index (χ1v) is 8.58. The van der Waals surface area contributed by atoms with Crippen molar-refractivity contribution in [3.05, 3.63) is 0 Å². The summed E-state index contributed by atoms with van der Waals surface area (Å²) in [4.78, 5) is 0. The molecule has 3 unspecified atom stereocenters. The molecule has 2 rings (SSSR count). The van der Waals surface area contributed by atoms with E-state index in [1.807, 2.05) is 0 Å². The first-order valence-electron chi connectivity index (χ1n) is 8.58. The lowest BCUT2D eigenvalue weighted by atomic mass is 9.90. The summed E-state index contributed by atoms with van der Waals surface area (Å²) in [7, 11) is 0. The summed E-state index contributed by atoms with van der Waals surface area (Å²) >= 11 is 0. The van der Waals surface area contributed by atoms with Crippen LogP contribution in [-0.2, 0) is 4.74 Å². The van der Waals surface area contributed by atoms with E-state index in [9.17, 15) is 0 Å². The Morgan fingerprint density at radius 3 is 2.63 bits per heavy atom. The molecule has 0 aromatic heterocycles. The van der Waals surface area contributed by atoms with Crippen molar-refractivity contribution in [2.45, 2.75) is 71.3 Å². The highest BCUT2D eigenvalue weighted by Gasteiger charge is 2.26. The first-order chi connectivity index (χ1) is 9.25. The van der Waals surface area contributed by atoms with Crippen molar-refractivity contribution in [3.63, 3.8) is 0 Å². The maximum absolute atomic E-state index is 5.72. The minimum absolute atomic E-state index is 0.596. The Hall–Kier alpha value is -0.0800. The van der Waals surface area contributed by atoms with Crippen molar-refractivity contribution < 1.29 is 4.74 Å². The molecule has 1 saturated carbocycles. The fourth-order valence-corrected chi connectivity index (χ4v) is 3.80. The standard InChI is InChI=1S/C17H33NO/c1-14(2)12-18-13-16-8-3-6-15(16)7-4-9-17-10-5-11-19-17/h14-18H,3-13H2,1-2H3. The largest absolute Gasteiger partial charge is 0.378 e. The van der Waals surface area contributed by atoms with Crippen LogP contribution < -0.4 is 5.32 Å². The van der Waals surface area contributed by atoms with Gasteiger partial charge >= 0.3 is 0 Å². The molecule has 0 amide bonds. The van der Waals surface area contributed by atoms with Crippen molar-refractivity contribution in [1.29, 1.82) is 0 Å². The fourth-order valence-electron chi connectivity index (χ4n) is 3.80. The van der Waals surface area contributed by atoms with Crippen molar-refractivity contribution in [3.8, 4) is 0 Å². The van der Waals surface area contributed by atoms with Gasteiger partial charge in [-0.2, -0.15) is 0 Å². The molecule has 2 aliphatic rings. The minimum Gasteiger partial charge on any atom is -0.378 e. The van der Waals surface area contributed by atoms with Gasteiger partial charge in [0.05, 0.1) is 6.10 Å². The third-order valence-electron chi connectivity index (χ3n) is 4.90. The van der Waals surface area contributed by atoms with E-state index in [-0.39, 0.29) is 0 Å². The number of hydrogen-bond donors (Lipinski definition) is 1. The van der Waals surface area contributed by atoms with Crippen LogP contribution in [0.5, 0.6) is 0 Å². The van der Waals surface area contributed by atoms with E-state index < -0.39 is 0 Å². The molecule has 1 heterocycles. The van der Waals surface area contributed by atoms with Gasteiger partial charge in [-0.3, -0.25) is 0 Å². The summed E-state index contributed by atoms with van der Waals surface area (Å²) < 4.78 is 5.72. The summed E-state index contributed by atoms with van der Waals surface area (Å²) in [5.74, 6) is 2.71. The molecule has 1 aliphatic heterocycles. The van der Waals surface area contributed by atoms with Crippen LogP contribution in [0, 0.1) is 17.8 Å². The van der Waals surface area contributed by atoms with Gasteiger partial charge < -0.3 is 10.1 Å². The highest BCUT2D eigenvalue weighted by molar-refractivity contribution is 4.80. The van der Waals surface area contributed by atoms with Crippen molar-refractivity contribution in [2.24, 2.45) is 17.8 Å². The monoisotopic (exact) mass is 267 g/mol. The number of rotatable bonds is 8.